The van der Waals surface area contributed by atoms with Crippen LogP contribution in [-0.4, -0.2) is 34.1 Å². The molecule has 2 aromatic carbocycles. The number of halogens is 2. The molecule has 1 unspecified atom stereocenters. The summed E-state index contributed by atoms with van der Waals surface area (Å²) in [6, 6.07) is 14.2. The fraction of sp³-hybridized carbons (Fsp3) is 0.333. The van der Waals surface area contributed by atoms with Gasteiger partial charge in [-0.25, -0.2) is 0 Å². The fourth-order valence-corrected chi connectivity index (χ4v) is 3.54. The number of hydroxylamine groups is 2. The van der Waals surface area contributed by atoms with Crippen LogP contribution in [0.15, 0.2) is 48.5 Å². The number of ether oxygens (including phenoxy) is 1. The van der Waals surface area contributed by atoms with E-state index in [0.29, 0.717) is 35.2 Å². The number of hydrogen-bond acceptors (Lipinski definition) is 4. The number of aliphatic hydroxyl groups excluding tert-OH is 1. The first-order valence-electron chi connectivity index (χ1n) is 7.80. The van der Waals surface area contributed by atoms with Gasteiger partial charge in [0.1, 0.15) is 6.10 Å². The Morgan fingerprint density at radius 3 is 2.62 bits per heavy atom. The molecule has 1 aliphatic rings. The predicted octanol–water partition coefficient (Wildman–Crippen LogP) is 4.08. The monoisotopic (exact) mass is 367 g/mol. The standard InChI is InChI=1S/C18H19Cl2NO3/c19-13-6-7-14(15(20)10-13)18(22)17-16(8-9-21(17)23)24-11-12-4-2-1-3-5-12/h1-7,10,16-18,22-23H,8-9,11H2/t16-,17-,18?/m0/s1. The third-order valence-corrected chi connectivity index (χ3v) is 4.84. The van der Waals surface area contributed by atoms with Gasteiger partial charge in [-0.2, -0.15) is 5.06 Å². The van der Waals surface area contributed by atoms with Crippen molar-refractivity contribution in [2.24, 2.45) is 0 Å². The molecule has 6 heteroatoms. The van der Waals surface area contributed by atoms with E-state index >= 15 is 0 Å². The molecular weight excluding hydrogens is 349 g/mol. The molecule has 0 spiro atoms. The average Bonchev–Trinajstić information content (AvgIpc) is 2.94. The van der Waals surface area contributed by atoms with Crippen molar-refractivity contribution in [1.29, 1.82) is 0 Å². The van der Waals surface area contributed by atoms with Gasteiger partial charge in [0.15, 0.2) is 0 Å². The van der Waals surface area contributed by atoms with E-state index in [1.54, 1.807) is 18.2 Å². The summed E-state index contributed by atoms with van der Waals surface area (Å²) in [4.78, 5) is 0. The molecule has 128 valence electrons. The van der Waals surface area contributed by atoms with Gasteiger partial charge in [0.05, 0.1) is 18.8 Å². The maximum atomic E-state index is 10.7. The van der Waals surface area contributed by atoms with Gasteiger partial charge in [-0.05, 0) is 24.1 Å². The molecule has 1 aliphatic heterocycles. The van der Waals surface area contributed by atoms with Crippen LogP contribution in [0.2, 0.25) is 10.0 Å². The Labute approximate surface area is 151 Å². The minimum absolute atomic E-state index is 0.294. The van der Waals surface area contributed by atoms with Gasteiger partial charge in [-0.15, -0.1) is 0 Å². The van der Waals surface area contributed by atoms with Crippen LogP contribution in [0.5, 0.6) is 0 Å². The van der Waals surface area contributed by atoms with Crippen molar-refractivity contribution in [3.05, 3.63) is 69.7 Å². The van der Waals surface area contributed by atoms with Crippen LogP contribution < -0.4 is 0 Å². The first-order valence-corrected chi connectivity index (χ1v) is 8.56. The van der Waals surface area contributed by atoms with Gasteiger partial charge in [-0.3, -0.25) is 0 Å². The van der Waals surface area contributed by atoms with Crippen molar-refractivity contribution >= 4 is 23.2 Å². The molecule has 1 heterocycles. The highest BCUT2D eigenvalue weighted by Crippen LogP contribution is 2.35. The summed E-state index contributed by atoms with van der Waals surface area (Å²) in [5, 5.41) is 22.9. The highest BCUT2D eigenvalue weighted by atomic mass is 35.5. The van der Waals surface area contributed by atoms with Gasteiger partial charge in [0, 0.05) is 22.2 Å². The molecule has 3 atom stereocenters. The Bertz CT molecular complexity index is 683. The summed E-state index contributed by atoms with van der Waals surface area (Å²) in [6.07, 6.45) is -0.629. The number of benzene rings is 2. The zero-order valence-corrected chi connectivity index (χ0v) is 14.5. The zero-order valence-electron chi connectivity index (χ0n) is 13.0. The van der Waals surface area contributed by atoms with E-state index in [2.05, 4.69) is 0 Å². The second-order valence-corrected chi connectivity index (χ2v) is 6.73. The number of aliphatic hydroxyl groups is 1. The molecule has 24 heavy (non-hydrogen) atoms. The summed E-state index contributed by atoms with van der Waals surface area (Å²) < 4.78 is 5.95. The lowest BCUT2D eigenvalue weighted by molar-refractivity contribution is -0.156. The minimum Gasteiger partial charge on any atom is -0.387 e. The van der Waals surface area contributed by atoms with Crippen molar-refractivity contribution in [3.63, 3.8) is 0 Å². The Kier molecular flexibility index (Phi) is 5.76. The molecule has 4 nitrogen and oxygen atoms in total. The zero-order chi connectivity index (χ0) is 17.1. The molecule has 2 aromatic rings. The van der Waals surface area contributed by atoms with E-state index in [9.17, 15) is 10.3 Å². The molecule has 0 radical (unpaired) electrons. The maximum Gasteiger partial charge on any atom is 0.101 e. The van der Waals surface area contributed by atoms with Gasteiger partial charge < -0.3 is 15.1 Å². The lowest BCUT2D eigenvalue weighted by atomic mass is 9.99. The van der Waals surface area contributed by atoms with Crippen molar-refractivity contribution < 1.29 is 15.1 Å². The van der Waals surface area contributed by atoms with Crippen molar-refractivity contribution in [2.45, 2.75) is 31.3 Å². The van der Waals surface area contributed by atoms with Crippen LogP contribution in [0.1, 0.15) is 23.7 Å². The quantitative estimate of drug-likeness (QED) is 0.835. The molecule has 0 amide bonds. The number of nitrogens with zero attached hydrogens (tertiary/aromatic N) is 1. The smallest absolute Gasteiger partial charge is 0.101 e. The highest BCUT2D eigenvalue weighted by Gasteiger charge is 2.40. The molecule has 0 bridgehead atoms. The molecule has 0 saturated carbocycles. The first kappa shape index (κ1) is 17.7. The second kappa shape index (κ2) is 7.83. The summed E-state index contributed by atoms with van der Waals surface area (Å²) in [6.45, 7) is 0.864. The number of hydrogen-bond donors (Lipinski definition) is 2. The normalized spacial score (nSPS) is 22.7. The van der Waals surface area contributed by atoms with E-state index < -0.39 is 12.1 Å². The van der Waals surface area contributed by atoms with Crippen molar-refractivity contribution in [1.82, 2.24) is 5.06 Å². The fourth-order valence-electron chi connectivity index (χ4n) is 3.02. The topological polar surface area (TPSA) is 52.9 Å². The van der Waals surface area contributed by atoms with Gasteiger partial charge in [0.2, 0.25) is 0 Å². The molecular formula is C18H19Cl2NO3. The highest BCUT2D eigenvalue weighted by molar-refractivity contribution is 6.35. The molecule has 0 aliphatic carbocycles. The van der Waals surface area contributed by atoms with E-state index in [1.165, 1.54) is 0 Å². The van der Waals surface area contributed by atoms with E-state index in [4.69, 9.17) is 27.9 Å². The van der Waals surface area contributed by atoms with Crippen molar-refractivity contribution in [2.75, 3.05) is 6.54 Å². The molecule has 3 rings (SSSR count). The Morgan fingerprint density at radius 2 is 1.92 bits per heavy atom. The van der Waals surface area contributed by atoms with E-state index in [1.807, 2.05) is 30.3 Å². The van der Waals surface area contributed by atoms with Crippen molar-refractivity contribution in [3.8, 4) is 0 Å². The average molecular weight is 368 g/mol. The number of rotatable bonds is 5. The van der Waals surface area contributed by atoms with Crippen LogP contribution >= 0.6 is 23.2 Å². The van der Waals surface area contributed by atoms with Gasteiger partial charge >= 0.3 is 0 Å². The lowest BCUT2D eigenvalue weighted by Gasteiger charge is -2.29. The van der Waals surface area contributed by atoms with E-state index in [0.717, 1.165) is 10.6 Å². The Balaban J connectivity index is 1.73. The largest absolute Gasteiger partial charge is 0.387 e. The molecule has 0 aromatic heterocycles. The predicted molar refractivity (Wildman–Crippen MR) is 93.3 cm³/mol. The van der Waals surface area contributed by atoms with Crippen LogP contribution in [0, 0.1) is 0 Å². The maximum absolute atomic E-state index is 10.7. The molecule has 1 saturated heterocycles. The third kappa shape index (κ3) is 3.91. The summed E-state index contributed by atoms with van der Waals surface area (Å²) in [7, 11) is 0. The third-order valence-electron chi connectivity index (χ3n) is 4.28. The first-order chi connectivity index (χ1) is 11.6. The second-order valence-electron chi connectivity index (χ2n) is 5.89. The minimum atomic E-state index is -0.969. The van der Waals surface area contributed by atoms with E-state index in [-0.39, 0.29) is 6.10 Å². The van der Waals surface area contributed by atoms with Crippen LogP contribution in [0.4, 0.5) is 0 Å². The lowest BCUT2D eigenvalue weighted by Crippen LogP contribution is -2.39. The van der Waals surface area contributed by atoms with Crippen LogP contribution in [-0.2, 0) is 11.3 Å². The summed E-state index contributed by atoms with van der Waals surface area (Å²) >= 11 is 12.1. The van der Waals surface area contributed by atoms with Gasteiger partial charge in [-0.1, -0.05) is 59.6 Å². The molecule has 1 fully saturated rings. The Hall–Kier alpha value is -1.14. The summed E-state index contributed by atoms with van der Waals surface area (Å²) in [5.41, 5.74) is 1.58. The van der Waals surface area contributed by atoms with Crippen LogP contribution in [0.25, 0.3) is 0 Å². The molecule has 2 N–H and O–H groups in total. The van der Waals surface area contributed by atoms with Gasteiger partial charge in [0.25, 0.3) is 0 Å². The van der Waals surface area contributed by atoms with Crippen LogP contribution in [0.3, 0.4) is 0 Å². The SMILES string of the molecule is OC(c1ccc(Cl)cc1Cl)[C@@H]1[C@@H](OCc2ccccc2)CCN1O. The Morgan fingerprint density at radius 1 is 1.17 bits per heavy atom. The summed E-state index contributed by atoms with van der Waals surface area (Å²) in [5.74, 6) is 0.